The molecule has 0 atom stereocenters. The Morgan fingerprint density at radius 1 is 1.71 bits per heavy atom. The van der Waals surface area contributed by atoms with Crippen molar-refractivity contribution in [2.75, 3.05) is 6.61 Å². The van der Waals surface area contributed by atoms with E-state index < -0.39 is 0 Å². The fourth-order valence-electron chi connectivity index (χ4n) is 0.289. The molecule has 0 bridgehead atoms. The van der Waals surface area contributed by atoms with E-state index in [1.807, 2.05) is 0 Å². The summed E-state index contributed by atoms with van der Waals surface area (Å²) in [5.74, 6) is 2.35. The highest BCUT2D eigenvalue weighted by Crippen LogP contribution is 1.81. The third-order valence-electron chi connectivity index (χ3n) is 0.702. The Labute approximate surface area is 44.4 Å². The molecule has 0 heterocycles. The van der Waals surface area contributed by atoms with Gasteiger partial charge in [0.1, 0.15) is 0 Å². The summed E-state index contributed by atoms with van der Waals surface area (Å²) < 4.78 is 4.71. The van der Waals surface area contributed by atoms with Gasteiger partial charge in [-0.15, -0.1) is 0 Å². The SMILES string of the molecule is C=C=[O+]CCCC. The lowest BCUT2D eigenvalue weighted by Crippen LogP contribution is -1.79. The van der Waals surface area contributed by atoms with Crippen LogP contribution in [0.4, 0.5) is 0 Å². The maximum atomic E-state index is 4.71. The molecule has 0 aromatic carbocycles. The first-order chi connectivity index (χ1) is 3.41. The van der Waals surface area contributed by atoms with Crippen LogP contribution in [0.2, 0.25) is 0 Å². The van der Waals surface area contributed by atoms with E-state index in [1.54, 1.807) is 0 Å². The number of carbonyl (C=O) groups excluding carboxylic acids is 1. The van der Waals surface area contributed by atoms with Crippen molar-refractivity contribution in [3.8, 4) is 0 Å². The minimum Gasteiger partial charge on any atom is -0.205 e. The van der Waals surface area contributed by atoms with E-state index in [-0.39, 0.29) is 0 Å². The summed E-state index contributed by atoms with van der Waals surface area (Å²) in [6, 6.07) is 0. The second kappa shape index (κ2) is 5.45. The zero-order chi connectivity index (χ0) is 5.54. The molecular weight excluding hydrogens is 88.1 g/mol. The average Bonchev–Trinajstić information content (AvgIpc) is 1.69. The summed E-state index contributed by atoms with van der Waals surface area (Å²) in [4.78, 5) is 0. The van der Waals surface area contributed by atoms with Crippen LogP contribution in [0.3, 0.4) is 0 Å². The van der Waals surface area contributed by atoms with Crippen molar-refractivity contribution in [3.63, 3.8) is 0 Å². The van der Waals surface area contributed by atoms with Gasteiger partial charge < -0.3 is 0 Å². The molecule has 0 aromatic heterocycles. The van der Waals surface area contributed by atoms with E-state index in [4.69, 9.17) is 4.42 Å². The van der Waals surface area contributed by atoms with E-state index in [2.05, 4.69) is 19.4 Å². The maximum Gasteiger partial charge on any atom is 0.336 e. The van der Waals surface area contributed by atoms with Crippen molar-refractivity contribution in [2.45, 2.75) is 19.8 Å². The zero-order valence-electron chi connectivity index (χ0n) is 4.74. The lowest BCUT2D eigenvalue weighted by atomic mass is 10.4. The van der Waals surface area contributed by atoms with E-state index in [0.717, 1.165) is 13.0 Å². The van der Waals surface area contributed by atoms with Gasteiger partial charge in [0.05, 0.1) is 0 Å². The number of hydrogen-bond donors (Lipinski definition) is 0. The monoisotopic (exact) mass is 99.1 g/mol. The Morgan fingerprint density at radius 3 is 2.86 bits per heavy atom. The molecular formula is C6H11O+. The molecule has 0 N–H and O–H groups in total. The predicted molar refractivity (Wildman–Crippen MR) is 31.1 cm³/mol. The third-order valence-corrected chi connectivity index (χ3v) is 0.702. The molecule has 40 valence electrons. The van der Waals surface area contributed by atoms with Crippen molar-refractivity contribution in [1.82, 2.24) is 0 Å². The van der Waals surface area contributed by atoms with Crippen molar-refractivity contribution in [1.29, 1.82) is 0 Å². The Kier molecular flexibility index (Phi) is 5.02. The summed E-state index contributed by atoms with van der Waals surface area (Å²) in [6.45, 7) is 6.17. The standard InChI is InChI=1S/C6H11O/c1-3-5-6-7-4-2/h2-3,5-6H2,1H3/q+1. The fourth-order valence-corrected chi connectivity index (χ4v) is 0.289. The summed E-state index contributed by atoms with van der Waals surface area (Å²) in [7, 11) is 0. The summed E-state index contributed by atoms with van der Waals surface area (Å²) in [6.07, 6.45) is 2.27. The molecule has 0 aliphatic carbocycles. The number of unbranched alkanes of at least 4 members (excludes halogenated alkanes) is 1. The molecule has 1 nitrogen and oxygen atoms in total. The van der Waals surface area contributed by atoms with Gasteiger partial charge in [0.25, 0.3) is 6.61 Å². The molecule has 0 aliphatic heterocycles. The van der Waals surface area contributed by atoms with Crippen LogP contribution in [0.1, 0.15) is 19.8 Å². The van der Waals surface area contributed by atoms with Crippen LogP contribution in [0.15, 0.2) is 6.58 Å². The lowest BCUT2D eigenvalue weighted by molar-refractivity contribution is 0.109. The van der Waals surface area contributed by atoms with Gasteiger partial charge in [-0.2, -0.15) is 0 Å². The minimum absolute atomic E-state index is 0.764. The Bertz CT molecular complexity index is 70.2. The Balaban J connectivity index is 2.83. The largest absolute Gasteiger partial charge is 0.336 e. The van der Waals surface area contributed by atoms with Gasteiger partial charge in [0.15, 0.2) is 0 Å². The van der Waals surface area contributed by atoms with E-state index in [9.17, 15) is 0 Å². The highest BCUT2D eigenvalue weighted by Gasteiger charge is 1.84. The Hall–Kier alpha value is -0.550. The molecule has 0 amide bonds. The van der Waals surface area contributed by atoms with Gasteiger partial charge >= 0.3 is 5.94 Å². The van der Waals surface area contributed by atoms with Gasteiger partial charge in [-0.3, -0.25) is 0 Å². The Morgan fingerprint density at radius 2 is 2.43 bits per heavy atom. The van der Waals surface area contributed by atoms with Crippen LogP contribution >= 0.6 is 0 Å². The maximum absolute atomic E-state index is 4.71. The molecule has 0 spiro atoms. The zero-order valence-corrected chi connectivity index (χ0v) is 4.74. The van der Waals surface area contributed by atoms with Gasteiger partial charge in [0.2, 0.25) is 0 Å². The smallest absolute Gasteiger partial charge is 0.205 e. The van der Waals surface area contributed by atoms with E-state index in [1.165, 1.54) is 6.42 Å². The van der Waals surface area contributed by atoms with Crippen LogP contribution in [0.25, 0.3) is 0 Å². The van der Waals surface area contributed by atoms with Gasteiger partial charge in [-0.1, -0.05) is 6.92 Å². The molecule has 0 radical (unpaired) electrons. The van der Waals surface area contributed by atoms with Crippen LogP contribution in [0.5, 0.6) is 0 Å². The first kappa shape index (κ1) is 6.45. The van der Waals surface area contributed by atoms with E-state index in [0.29, 0.717) is 0 Å². The van der Waals surface area contributed by atoms with Gasteiger partial charge in [-0.05, 0) is 6.42 Å². The van der Waals surface area contributed by atoms with E-state index >= 15 is 0 Å². The summed E-state index contributed by atoms with van der Waals surface area (Å²) in [5, 5.41) is 0. The van der Waals surface area contributed by atoms with Crippen LogP contribution < -0.4 is 0 Å². The molecule has 1 heteroatoms. The molecule has 0 saturated heterocycles. The number of rotatable bonds is 3. The normalized spacial score (nSPS) is 7.57. The number of hydrogen-bond acceptors (Lipinski definition) is 0. The molecule has 0 aromatic rings. The van der Waals surface area contributed by atoms with Gasteiger partial charge in [0, 0.05) is 13.0 Å². The van der Waals surface area contributed by atoms with Crippen molar-refractivity contribution in [3.05, 3.63) is 6.58 Å². The topological polar surface area (TPSA) is 11.3 Å². The molecule has 0 aliphatic rings. The van der Waals surface area contributed by atoms with Gasteiger partial charge in [-0.25, -0.2) is 4.42 Å². The summed E-state index contributed by atoms with van der Waals surface area (Å²) in [5.41, 5.74) is 0. The minimum atomic E-state index is 0.764. The predicted octanol–water partition coefficient (Wildman–Crippen LogP) is 1.34. The third kappa shape index (κ3) is 5.45. The highest BCUT2D eigenvalue weighted by atomic mass is 16.4. The first-order valence-electron chi connectivity index (χ1n) is 2.55. The molecule has 0 fully saturated rings. The van der Waals surface area contributed by atoms with Crippen molar-refractivity contribution >= 4 is 5.94 Å². The fraction of sp³-hybridized carbons (Fsp3) is 0.667. The molecule has 0 unspecified atom stereocenters. The van der Waals surface area contributed by atoms with Crippen molar-refractivity contribution in [2.24, 2.45) is 0 Å². The quantitative estimate of drug-likeness (QED) is 0.287. The van der Waals surface area contributed by atoms with Crippen LogP contribution in [-0.4, -0.2) is 12.5 Å². The second-order valence-electron chi connectivity index (χ2n) is 1.35. The first-order valence-corrected chi connectivity index (χ1v) is 2.55. The van der Waals surface area contributed by atoms with Crippen LogP contribution in [-0.2, 0) is 4.42 Å². The molecule has 7 heavy (non-hydrogen) atoms. The highest BCUT2D eigenvalue weighted by molar-refractivity contribution is 5.39. The van der Waals surface area contributed by atoms with Crippen LogP contribution in [0, 0.1) is 0 Å². The average molecular weight is 99.2 g/mol. The lowest BCUT2D eigenvalue weighted by Gasteiger charge is -1.73. The molecule has 0 saturated carbocycles. The van der Waals surface area contributed by atoms with Crippen molar-refractivity contribution < 1.29 is 4.42 Å². The molecule has 0 rings (SSSR count). The summed E-state index contributed by atoms with van der Waals surface area (Å²) >= 11 is 0. The second-order valence-corrected chi connectivity index (χ2v) is 1.35.